The lowest BCUT2D eigenvalue weighted by atomic mass is 9.81. The van der Waals surface area contributed by atoms with E-state index in [1.165, 1.54) is 25.4 Å². The molecule has 0 saturated heterocycles. The largest absolute Gasteiger partial charge is 0.461 e. The van der Waals surface area contributed by atoms with Crippen LogP contribution >= 0.6 is 0 Å². The first-order chi connectivity index (χ1) is 11.2. The van der Waals surface area contributed by atoms with Crippen LogP contribution in [0.4, 0.5) is 8.78 Å². The number of aromatic nitrogens is 2. The molecule has 1 aromatic heterocycles. The Hall–Kier alpha value is -2.37. The normalized spacial score (nSPS) is 12.1. The third kappa shape index (κ3) is 3.58. The van der Waals surface area contributed by atoms with Crippen LogP contribution in [-0.2, 0) is 20.9 Å². The van der Waals surface area contributed by atoms with E-state index in [9.17, 15) is 13.6 Å². The van der Waals surface area contributed by atoms with Crippen molar-refractivity contribution < 1.29 is 18.3 Å². The van der Waals surface area contributed by atoms with Crippen molar-refractivity contribution in [1.82, 2.24) is 9.97 Å². The van der Waals surface area contributed by atoms with Gasteiger partial charge in [-0.1, -0.05) is 32.9 Å². The average molecular weight is 334 g/mol. The number of halogens is 2. The van der Waals surface area contributed by atoms with E-state index in [0.29, 0.717) is 17.0 Å². The Morgan fingerprint density at radius 1 is 1.12 bits per heavy atom. The van der Waals surface area contributed by atoms with Crippen LogP contribution in [0.25, 0.3) is 11.4 Å². The van der Waals surface area contributed by atoms with Crippen LogP contribution in [0.1, 0.15) is 38.8 Å². The molecule has 2 aromatic rings. The fourth-order valence-corrected chi connectivity index (χ4v) is 2.38. The SMILES string of the molecule is CCOC(=O)C(F)(F)c1cc(-c2ncccn2)ccc1C(C)(C)C. The standard InChI is InChI=1S/C18H20F2N2O2/c1-5-24-16(23)18(19,20)14-11-12(15-21-9-6-10-22-15)7-8-13(14)17(2,3)4/h6-11H,5H2,1-4H3. The third-order valence-corrected chi connectivity index (χ3v) is 3.52. The van der Waals surface area contributed by atoms with Crippen LogP contribution in [0, 0.1) is 0 Å². The molecule has 0 aliphatic heterocycles. The van der Waals surface area contributed by atoms with E-state index in [-0.39, 0.29) is 12.2 Å². The lowest BCUT2D eigenvalue weighted by molar-refractivity contribution is -0.173. The van der Waals surface area contributed by atoms with Crippen molar-refractivity contribution in [1.29, 1.82) is 0 Å². The first-order valence-electron chi connectivity index (χ1n) is 7.65. The number of carbonyl (C=O) groups is 1. The minimum Gasteiger partial charge on any atom is -0.461 e. The van der Waals surface area contributed by atoms with Crippen molar-refractivity contribution in [3.05, 3.63) is 47.8 Å². The summed E-state index contributed by atoms with van der Waals surface area (Å²) in [7, 11) is 0. The van der Waals surface area contributed by atoms with Gasteiger partial charge in [-0.2, -0.15) is 8.78 Å². The van der Waals surface area contributed by atoms with Gasteiger partial charge in [-0.3, -0.25) is 0 Å². The Kier molecular flexibility index (Phi) is 4.96. The van der Waals surface area contributed by atoms with E-state index in [0.717, 1.165) is 0 Å². The van der Waals surface area contributed by atoms with Gasteiger partial charge in [-0.05, 0) is 30.0 Å². The summed E-state index contributed by atoms with van der Waals surface area (Å²) in [6.07, 6.45) is 3.06. The molecule has 0 radical (unpaired) electrons. The number of ether oxygens (including phenoxy) is 1. The number of benzene rings is 1. The summed E-state index contributed by atoms with van der Waals surface area (Å²) in [4.78, 5) is 19.9. The van der Waals surface area contributed by atoms with Gasteiger partial charge in [0.25, 0.3) is 0 Å². The molecule has 0 atom stereocenters. The zero-order valence-corrected chi connectivity index (χ0v) is 14.1. The molecule has 1 heterocycles. The van der Waals surface area contributed by atoms with E-state index in [1.807, 2.05) is 20.8 Å². The summed E-state index contributed by atoms with van der Waals surface area (Å²) in [6, 6.07) is 6.18. The highest BCUT2D eigenvalue weighted by Crippen LogP contribution is 2.39. The van der Waals surface area contributed by atoms with E-state index >= 15 is 0 Å². The fraction of sp³-hybridized carbons (Fsp3) is 0.389. The highest BCUT2D eigenvalue weighted by atomic mass is 19.3. The van der Waals surface area contributed by atoms with Crippen molar-refractivity contribution >= 4 is 5.97 Å². The molecule has 128 valence electrons. The molecule has 0 saturated carbocycles. The minimum atomic E-state index is -3.75. The Balaban J connectivity index is 2.63. The van der Waals surface area contributed by atoms with Crippen LogP contribution in [0.2, 0.25) is 0 Å². The molecular weight excluding hydrogens is 314 g/mol. The number of nitrogens with zero attached hydrogens (tertiary/aromatic N) is 2. The summed E-state index contributed by atoms with van der Waals surface area (Å²) in [5.41, 5.74) is -0.150. The Morgan fingerprint density at radius 2 is 1.75 bits per heavy atom. The number of rotatable bonds is 4. The fourth-order valence-electron chi connectivity index (χ4n) is 2.38. The molecule has 4 nitrogen and oxygen atoms in total. The molecule has 0 bridgehead atoms. The molecule has 2 rings (SSSR count). The maximum Gasteiger partial charge on any atom is 0.381 e. The van der Waals surface area contributed by atoms with E-state index in [1.54, 1.807) is 18.2 Å². The molecule has 0 aliphatic rings. The van der Waals surface area contributed by atoms with Crippen LogP contribution in [0.15, 0.2) is 36.7 Å². The molecule has 0 fully saturated rings. The Morgan fingerprint density at radius 3 is 2.29 bits per heavy atom. The maximum atomic E-state index is 14.7. The second kappa shape index (κ2) is 6.63. The van der Waals surface area contributed by atoms with Gasteiger partial charge in [-0.15, -0.1) is 0 Å². The van der Waals surface area contributed by atoms with Gasteiger partial charge in [0.2, 0.25) is 0 Å². The first-order valence-corrected chi connectivity index (χ1v) is 7.65. The predicted molar refractivity (Wildman–Crippen MR) is 86.7 cm³/mol. The van der Waals surface area contributed by atoms with Gasteiger partial charge in [0.05, 0.1) is 6.61 Å². The highest BCUT2D eigenvalue weighted by Gasteiger charge is 2.45. The van der Waals surface area contributed by atoms with Crippen molar-refractivity contribution in [2.75, 3.05) is 6.61 Å². The lowest BCUT2D eigenvalue weighted by Gasteiger charge is -2.27. The van der Waals surface area contributed by atoms with Gasteiger partial charge in [0.15, 0.2) is 5.82 Å². The Bertz CT molecular complexity index is 726. The van der Waals surface area contributed by atoms with E-state index in [4.69, 9.17) is 0 Å². The topological polar surface area (TPSA) is 52.1 Å². The second-order valence-corrected chi connectivity index (χ2v) is 6.38. The van der Waals surface area contributed by atoms with Crippen molar-refractivity contribution in [2.24, 2.45) is 0 Å². The van der Waals surface area contributed by atoms with Crippen LogP contribution < -0.4 is 0 Å². The first kappa shape index (κ1) is 18.0. The number of carbonyl (C=O) groups excluding carboxylic acids is 1. The van der Waals surface area contributed by atoms with Crippen molar-refractivity contribution in [3.63, 3.8) is 0 Å². The third-order valence-electron chi connectivity index (χ3n) is 3.52. The highest BCUT2D eigenvalue weighted by molar-refractivity contribution is 5.81. The molecule has 0 aliphatic carbocycles. The van der Waals surface area contributed by atoms with Crippen LogP contribution in [0.5, 0.6) is 0 Å². The number of hydrogen-bond acceptors (Lipinski definition) is 4. The number of esters is 1. The Labute approximate surface area is 139 Å². The van der Waals surface area contributed by atoms with Gasteiger partial charge in [0.1, 0.15) is 0 Å². The zero-order chi connectivity index (χ0) is 18.0. The summed E-state index contributed by atoms with van der Waals surface area (Å²) < 4.78 is 34.0. The predicted octanol–water partition coefficient (Wildman–Crippen LogP) is 4.10. The quantitative estimate of drug-likeness (QED) is 0.790. The molecular formula is C18H20F2N2O2. The van der Waals surface area contributed by atoms with Crippen molar-refractivity contribution in [2.45, 2.75) is 39.0 Å². The lowest BCUT2D eigenvalue weighted by Crippen LogP contribution is -2.31. The summed E-state index contributed by atoms with van der Waals surface area (Å²) in [5.74, 6) is -4.98. The molecule has 1 aromatic carbocycles. The van der Waals surface area contributed by atoms with Crippen LogP contribution in [-0.4, -0.2) is 22.5 Å². The molecule has 0 N–H and O–H groups in total. The van der Waals surface area contributed by atoms with Crippen LogP contribution in [0.3, 0.4) is 0 Å². The monoisotopic (exact) mass is 334 g/mol. The average Bonchev–Trinajstić information content (AvgIpc) is 2.54. The van der Waals surface area contributed by atoms with Gasteiger partial charge < -0.3 is 4.74 Å². The minimum absolute atomic E-state index is 0.110. The smallest absolute Gasteiger partial charge is 0.381 e. The number of hydrogen-bond donors (Lipinski definition) is 0. The van der Waals surface area contributed by atoms with E-state index < -0.39 is 17.3 Å². The molecule has 24 heavy (non-hydrogen) atoms. The van der Waals surface area contributed by atoms with Gasteiger partial charge in [-0.25, -0.2) is 14.8 Å². The number of alkyl halides is 2. The second-order valence-electron chi connectivity index (χ2n) is 6.38. The van der Waals surface area contributed by atoms with Crippen molar-refractivity contribution in [3.8, 4) is 11.4 Å². The summed E-state index contributed by atoms with van der Waals surface area (Å²) >= 11 is 0. The van der Waals surface area contributed by atoms with Gasteiger partial charge in [0, 0.05) is 23.5 Å². The van der Waals surface area contributed by atoms with Gasteiger partial charge >= 0.3 is 11.9 Å². The summed E-state index contributed by atoms with van der Waals surface area (Å²) in [6.45, 7) is 6.82. The van der Waals surface area contributed by atoms with E-state index in [2.05, 4.69) is 14.7 Å². The molecule has 0 spiro atoms. The molecule has 0 amide bonds. The summed E-state index contributed by atoms with van der Waals surface area (Å²) in [5, 5.41) is 0. The molecule has 6 heteroatoms. The maximum absolute atomic E-state index is 14.7. The zero-order valence-electron chi connectivity index (χ0n) is 14.1. The molecule has 0 unspecified atom stereocenters.